The number of carbonyl (C=O) groups excluding carboxylic acids is 2. The lowest BCUT2D eigenvalue weighted by Crippen LogP contribution is -2.55. The second-order valence-corrected chi connectivity index (χ2v) is 11.4. The molecule has 0 spiro atoms. The minimum Gasteiger partial charge on any atom is -0.365 e. The number of allylic oxidation sites excluding steroid dienone is 1. The van der Waals surface area contributed by atoms with E-state index in [0.717, 1.165) is 58.4 Å². The second kappa shape index (κ2) is 13.7. The summed E-state index contributed by atoms with van der Waals surface area (Å²) in [5, 5.41) is 3.12. The summed E-state index contributed by atoms with van der Waals surface area (Å²) in [6.07, 6.45) is 9.29. The molecule has 3 rings (SSSR count). The Morgan fingerprint density at radius 1 is 0.972 bits per heavy atom. The van der Waals surface area contributed by atoms with Crippen molar-refractivity contribution in [3.05, 3.63) is 41.5 Å². The molecule has 200 valence electrons. The Balaban J connectivity index is 1.64. The number of hydrogen-bond acceptors (Lipinski definition) is 3. The van der Waals surface area contributed by atoms with Crippen molar-refractivity contribution in [1.29, 1.82) is 0 Å². The van der Waals surface area contributed by atoms with Gasteiger partial charge in [-0.2, -0.15) is 0 Å². The topological polar surface area (TPSA) is 55.9 Å². The fourth-order valence-corrected chi connectivity index (χ4v) is 5.31. The van der Waals surface area contributed by atoms with Gasteiger partial charge in [0.15, 0.2) is 0 Å². The van der Waals surface area contributed by atoms with E-state index in [9.17, 15) is 9.59 Å². The number of carbonyl (C=O) groups is 2. The fraction of sp³-hybridized carbons (Fsp3) is 0.667. The maximum Gasteiger partial charge on any atom is 0.318 e. The summed E-state index contributed by atoms with van der Waals surface area (Å²) in [7, 11) is 0. The number of likely N-dealkylation sites (tertiary alicyclic amines) is 2. The second-order valence-electron chi connectivity index (χ2n) is 11.4. The molecule has 0 saturated carbocycles. The molecule has 36 heavy (non-hydrogen) atoms. The SMILES string of the molecule is CC(C)=CCN(c1ccc(C)cc1)C1CCN(C(=O)C(CC(C)C)NC(=O)N2CCCCCC2)CC1. The van der Waals surface area contributed by atoms with Crippen LogP contribution in [0.25, 0.3) is 0 Å². The van der Waals surface area contributed by atoms with Gasteiger partial charge in [0, 0.05) is 44.5 Å². The zero-order valence-corrected chi connectivity index (χ0v) is 23.3. The lowest BCUT2D eigenvalue weighted by Gasteiger charge is -2.40. The van der Waals surface area contributed by atoms with Crippen LogP contribution in [0.5, 0.6) is 0 Å². The van der Waals surface area contributed by atoms with Gasteiger partial charge in [0.2, 0.25) is 5.91 Å². The predicted molar refractivity (Wildman–Crippen MR) is 149 cm³/mol. The summed E-state index contributed by atoms with van der Waals surface area (Å²) in [5.41, 5.74) is 3.82. The molecule has 2 aliphatic rings. The molecular formula is C30H48N4O2. The van der Waals surface area contributed by atoms with Gasteiger partial charge in [-0.1, -0.05) is 56.0 Å². The number of aryl methyl sites for hydroxylation is 1. The average Bonchev–Trinajstić information content (AvgIpc) is 3.14. The van der Waals surface area contributed by atoms with Crippen LogP contribution in [0.4, 0.5) is 10.5 Å². The minimum absolute atomic E-state index is 0.0712. The Labute approximate surface area is 219 Å². The monoisotopic (exact) mass is 496 g/mol. The number of rotatable bonds is 8. The Bertz CT molecular complexity index is 859. The number of nitrogens with one attached hydrogen (secondary N) is 1. The van der Waals surface area contributed by atoms with E-state index in [1.807, 2.05) is 9.80 Å². The molecule has 1 atom stereocenters. The van der Waals surface area contributed by atoms with E-state index >= 15 is 0 Å². The summed E-state index contributed by atoms with van der Waals surface area (Å²) in [5.74, 6) is 0.415. The van der Waals surface area contributed by atoms with E-state index < -0.39 is 6.04 Å². The molecule has 2 saturated heterocycles. The molecule has 6 heteroatoms. The summed E-state index contributed by atoms with van der Waals surface area (Å²) in [4.78, 5) is 33.0. The first-order valence-electron chi connectivity index (χ1n) is 14.1. The van der Waals surface area contributed by atoms with Crippen molar-refractivity contribution < 1.29 is 9.59 Å². The van der Waals surface area contributed by atoms with Gasteiger partial charge in [0.05, 0.1) is 0 Å². The van der Waals surface area contributed by atoms with Gasteiger partial charge in [-0.3, -0.25) is 4.79 Å². The van der Waals surface area contributed by atoms with Gasteiger partial charge in [-0.15, -0.1) is 0 Å². The predicted octanol–water partition coefficient (Wildman–Crippen LogP) is 5.76. The summed E-state index contributed by atoms with van der Waals surface area (Å²) in [6, 6.07) is 8.64. The first-order valence-corrected chi connectivity index (χ1v) is 14.1. The average molecular weight is 497 g/mol. The molecular weight excluding hydrogens is 448 g/mol. The highest BCUT2D eigenvalue weighted by molar-refractivity contribution is 5.87. The molecule has 6 nitrogen and oxygen atoms in total. The van der Waals surface area contributed by atoms with Crippen molar-refractivity contribution in [2.45, 2.75) is 91.6 Å². The molecule has 1 aromatic rings. The molecule has 0 aromatic heterocycles. The van der Waals surface area contributed by atoms with E-state index in [4.69, 9.17) is 0 Å². The third-order valence-electron chi connectivity index (χ3n) is 7.47. The van der Waals surface area contributed by atoms with Crippen molar-refractivity contribution in [2.24, 2.45) is 5.92 Å². The van der Waals surface area contributed by atoms with E-state index in [2.05, 4.69) is 75.2 Å². The Morgan fingerprint density at radius 3 is 2.14 bits per heavy atom. The largest absolute Gasteiger partial charge is 0.365 e. The summed E-state index contributed by atoms with van der Waals surface area (Å²) >= 11 is 0. The number of piperidine rings is 1. The first kappa shape index (κ1) is 28.1. The van der Waals surface area contributed by atoms with Crippen molar-refractivity contribution in [3.8, 4) is 0 Å². The van der Waals surface area contributed by atoms with E-state index in [1.54, 1.807) is 0 Å². The van der Waals surface area contributed by atoms with Crippen LogP contribution in [0.2, 0.25) is 0 Å². The molecule has 0 radical (unpaired) electrons. The molecule has 3 amide bonds. The van der Waals surface area contributed by atoms with Gasteiger partial charge in [0.1, 0.15) is 6.04 Å². The first-order chi connectivity index (χ1) is 17.2. The van der Waals surface area contributed by atoms with Gasteiger partial charge in [-0.05, 0) is 70.9 Å². The molecule has 0 aliphatic carbocycles. The van der Waals surface area contributed by atoms with Crippen molar-refractivity contribution in [1.82, 2.24) is 15.1 Å². The molecule has 2 heterocycles. The Hall–Kier alpha value is -2.50. The van der Waals surface area contributed by atoms with Crippen LogP contribution in [-0.2, 0) is 4.79 Å². The van der Waals surface area contributed by atoms with Gasteiger partial charge >= 0.3 is 6.03 Å². The third-order valence-corrected chi connectivity index (χ3v) is 7.47. The number of hydrogen-bond donors (Lipinski definition) is 1. The zero-order chi connectivity index (χ0) is 26.1. The quantitative estimate of drug-likeness (QED) is 0.466. The highest BCUT2D eigenvalue weighted by Gasteiger charge is 2.32. The standard InChI is InChI=1S/C30H48N4O2/c1-23(2)14-21-34(26-12-10-25(5)11-13-26)27-15-19-32(20-16-27)29(35)28(22-24(3)4)31-30(36)33-17-8-6-7-9-18-33/h10-14,24,27-28H,6-9,15-22H2,1-5H3,(H,31,36). The molecule has 2 fully saturated rings. The fourth-order valence-electron chi connectivity index (χ4n) is 5.31. The molecule has 1 aromatic carbocycles. The smallest absolute Gasteiger partial charge is 0.318 e. The van der Waals surface area contributed by atoms with Crippen LogP contribution in [0.1, 0.15) is 78.2 Å². The normalized spacial score (nSPS) is 17.9. The molecule has 2 aliphatic heterocycles. The van der Waals surface area contributed by atoms with Crippen LogP contribution >= 0.6 is 0 Å². The van der Waals surface area contributed by atoms with Crippen LogP contribution in [0, 0.1) is 12.8 Å². The van der Waals surface area contributed by atoms with Crippen molar-refractivity contribution in [2.75, 3.05) is 37.6 Å². The van der Waals surface area contributed by atoms with Crippen LogP contribution in [0.3, 0.4) is 0 Å². The molecule has 0 bridgehead atoms. The maximum absolute atomic E-state index is 13.6. The summed E-state index contributed by atoms with van der Waals surface area (Å²) in [6.45, 7) is 14.6. The van der Waals surface area contributed by atoms with Crippen LogP contribution < -0.4 is 10.2 Å². The van der Waals surface area contributed by atoms with Crippen LogP contribution in [0.15, 0.2) is 35.9 Å². The highest BCUT2D eigenvalue weighted by atomic mass is 16.2. The maximum atomic E-state index is 13.6. The van der Waals surface area contributed by atoms with Crippen LogP contribution in [-0.4, -0.2) is 66.5 Å². The zero-order valence-electron chi connectivity index (χ0n) is 23.3. The number of anilines is 1. The number of benzene rings is 1. The van der Waals surface area contributed by atoms with E-state index in [0.29, 0.717) is 18.4 Å². The highest BCUT2D eigenvalue weighted by Crippen LogP contribution is 2.25. The van der Waals surface area contributed by atoms with E-state index in [-0.39, 0.29) is 11.9 Å². The molecule has 1 unspecified atom stereocenters. The van der Waals surface area contributed by atoms with Gasteiger partial charge in [0.25, 0.3) is 0 Å². The summed E-state index contributed by atoms with van der Waals surface area (Å²) < 4.78 is 0. The molecule has 1 N–H and O–H groups in total. The van der Waals surface area contributed by atoms with Crippen molar-refractivity contribution in [3.63, 3.8) is 0 Å². The number of amides is 3. The lowest BCUT2D eigenvalue weighted by atomic mass is 9.98. The van der Waals surface area contributed by atoms with Gasteiger partial charge < -0.3 is 20.0 Å². The lowest BCUT2D eigenvalue weighted by molar-refractivity contribution is -0.134. The Kier molecular flexibility index (Phi) is 10.7. The van der Waals surface area contributed by atoms with Gasteiger partial charge in [-0.25, -0.2) is 4.79 Å². The number of nitrogens with zero attached hydrogens (tertiary/aromatic N) is 3. The third kappa shape index (κ3) is 8.28. The van der Waals surface area contributed by atoms with E-state index in [1.165, 1.54) is 29.7 Å². The number of urea groups is 1. The van der Waals surface area contributed by atoms with Crippen molar-refractivity contribution >= 4 is 17.6 Å². The Morgan fingerprint density at radius 2 is 1.58 bits per heavy atom. The minimum atomic E-state index is -0.448.